The zero-order valence-corrected chi connectivity index (χ0v) is 12.8. The molecule has 0 saturated carbocycles. The molecule has 6 nitrogen and oxygen atoms in total. The lowest BCUT2D eigenvalue weighted by atomic mass is 10.0. The van der Waals surface area contributed by atoms with Crippen LogP contribution in [0, 0.1) is 5.41 Å². The van der Waals surface area contributed by atoms with Gasteiger partial charge in [0.2, 0.25) is 0 Å². The van der Waals surface area contributed by atoms with Crippen LogP contribution >= 0.6 is 0 Å². The predicted molar refractivity (Wildman–Crippen MR) is 91.3 cm³/mol. The molecular formula is C17H19N5O. The van der Waals surface area contributed by atoms with E-state index < -0.39 is 0 Å². The molecule has 118 valence electrons. The SMILES string of the molecule is C[C@H](c1ccccc1)N1Cc2cc(C(=N)N)c(N)cc2NC1=O. The number of nitrogens with one attached hydrogen (secondary N) is 2. The Balaban J connectivity index is 1.95. The number of amidine groups is 1. The highest BCUT2D eigenvalue weighted by Gasteiger charge is 2.28. The molecule has 0 fully saturated rings. The zero-order chi connectivity index (χ0) is 16.6. The Hall–Kier alpha value is -3.02. The Morgan fingerprint density at radius 2 is 2.00 bits per heavy atom. The number of fused-ring (bicyclic) bond motifs is 1. The average Bonchev–Trinajstić information content (AvgIpc) is 2.53. The van der Waals surface area contributed by atoms with Crippen molar-refractivity contribution in [2.75, 3.05) is 11.1 Å². The van der Waals surface area contributed by atoms with Crippen LogP contribution in [0.15, 0.2) is 42.5 Å². The highest BCUT2D eigenvalue weighted by Crippen LogP contribution is 2.32. The monoisotopic (exact) mass is 309 g/mol. The fourth-order valence-corrected chi connectivity index (χ4v) is 2.81. The van der Waals surface area contributed by atoms with Crippen LogP contribution in [0.4, 0.5) is 16.2 Å². The van der Waals surface area contributed by atoms with Crippen molar-refractivity contribution >= 4 is 23.2 Å². The molecule has 1 aliphatic rings. The first-order valence-electron chi connectivity index (χ1n) is 7.36. The number of amides is 2. The molecule has 3 rings (SSSR count). The van der Waals surface area contributed by atoms with Gasteiger partial charge in [0.05, 0.1) is 12.6 Å². The predicted octanol–water partition coefficient (Wildman–Crippen LogP) is 2.66. The lowest BCUT2D eigenvalue weighted by Gasteiger charge is -2.34. The zero-order valence-electron chi connectivity index (χ0n) is 12.8. The van der Waals surface area contributed by atoms with Crippen molar-refractivity contribution in [1.29, 1.82) is 5.41 Å². The molecule has 0 spiro atoms. The quantitative estimate of drug-likeness (QED) is 0.397. The van der Waals surface area contributed by atoms with E-state index >= 15 is 0 Å². The summed E-state index contributed by atoms with van der Waals surface area (Å²) in [5.74, 6) is -0.0788. The van der Waals surface area contributed by atoms with Gasteiger partial charge in [-0.05, 0) is 30.2 Å². The molecule has 2 amide bonds. The minimum atomic E-state index is -0.163. The van der Waals surface area contributed by atoms with Crippen LogP contribution in [0.5, 0.6) is 0 Å². The maximum absolute atomic E-state index is 12.4. The number of carbonyl (C=O) groups is 1. The second-order valence-electron chi connectivity index (χ2n) is 5.65. The molecule has 1 atom stereocenters. The summed E-state index contributed by atoms with van der Waals surface area (Å²) in [6.07, 6.45) is 0. The van der Waals surface area contributed by atoms with E-state index in [0.29, 0.717) is 23.5 Å². The molecule has 6 N–H and O–H groups in total. The summed E-state index contributed by atoms with van der Waals surface area (Å²) < 4.78 is 0. The minimum Gasteiger partial charge on any atom is -0.398 e. The van der Waals surface area contributed by atoms with Gasteiger partial charge in [-0.25, -0.2) is 4.79 Å². The molecule has 0 bridgehead atoms. The van der Waals surface area contributed by atoms with Crippen LogP contribution in [-0.4, -0.2) is 16.8 Å². The van der Waals surface area contributed by atoms with Gasteiger partial charge in [0.15, 0.2) is 0 Å². The molecule has 6 heteroatoms. The van der Waals surface area contributed by atoms with Crippen molar-refractivity contribution in [3.63, 3.8) is 0 Å². The van der Waals surface area contributed by atoms with Gasteiger partial charge in [-0.15, -0.1) is 0 Å². The van der Waals surface area contributed by atoms with Gasteiger partial charge in [-0.2, -0.15) is 0 Å². The van der Waals surface area contributed by atoms with Gasteiger partial charge in [0, 0.05) is 16.9 Å². The second kappa shape index (κ2) is 5.64. The summed E-state index contributed by atoms with van der Waals surface area (Å²) in [4.78, 5) is 14.2. The third-order valence-electron chi connectivity index (χ3n) is 4.16. The van der Waals surface area contributed by atoms with Gasteiger partial charge >= 0.3 is 6.03 Å². The van der Waals surface area contributed by atoms with Crippen molar-refractivity contribution < 1.29 is 4.79 Å². The highest BCUT2D eigenvalue weighted by molar-refractivity contribution is 6.02. The van der Waals surface area contributed by atoms with E-state index in [1.54, 1.807) is 17.0 Å². The van der Waals surface area contributed by atoms with Gasteiger partial charge in [-0.1, -0.05) is 30.3 Å². The second-order valence-corrected chi connectivity index (χ2v) is 5.65. The number of hydrogen-bond acceptors (Lipinski definition) is 3. The number of hydrogen-bond donors (Lipinski definition) is 4. The third-order valence-corrected chi connectivity index (χ3v) is 4.16. The Bertz CT molecular complexity index is 772. The van der Waals surface area contributed by atoms with Crippen molar-refractivity contribution in [3.05, 3.63) is 59.2 Å². The molecular weight excluding hydrogens is 290 g/mol. The molecule has 1 heterocycles. The summed E-state index contributed by atoms with van der Waals surface area (Å²) in [5, 5.41) is 10.5. The fourth-order valence-electron chi connectivity index (χ4n) is 2.81. The first-order chi connectivity index (χ1) is 11.0. The van der Waals surface area contributed by atoms with E-state index in [9.17, 15) is 4.79 Å². The molecule has 0 saturated heterocycles. The van der Waals surface area contributed by atoms with E-state index in [1.165, 1.54) is 0 Å². The van der Waals surface area contributed by atoms with Gasteiger partial charge in [-0.3, -0.25) is 5.41 Å². The van der Waals surface area contributed by atoms with Crippen LogP contribution in [0.3, 0.4) is 0 Å². The normalized spacial score (nSPS) is 14.8. The first kappa shape index (κ1) is 14.9. The number of nitrogens with zero attached hydrogens (tertiary/aromatic N) is 1. The van der Waals surface area contributed by atoms with E-state index in [2.05, 4.69) is 5.32 Å². The Morgan fingerprint density at radius 1 is 1.30 bits per heavy atom. The fraction of sp³-hybridized carbons (Fsp3) is 0.176. The van der Waals surface area contributed by atoms with Crippen molar-refractivity contribution in [1.82, 2.24) is 4.90 Å². The average molecular weight is 309 g/mol. The van der Waals surface area contributed by atoms with Crippen LogP contribution < -0.4 is 16.8 Å². The number of nitrogen functional groups attached to an aromatic ring is 2. The highest BCUT2D eigenvalue weighted by atomic mass is 16.2. The van der Waals surface area contributed by atoms with Crippen molar-refractivity contribution in [2.45, 2.75) is 19.5 Å². The number of anilines is 2. The summed E-state index contributed by atoms with van der Waals surface area (Å²) >= 11 is 0. The molecule has 0 aliphatic carbocycles. The Morgan fingerprint density at radius 3 is 2.65 bits per heavy atom. The topological polar surface area (TPSA) is 108 Å². The molecule has 1 aliphatic heterocycles. The lowest BCUT2D eigenvalue weighted by Crippen LogP contribution is -2.40. The maximum Gasteiger partial charge on any atom is 0.322 e. The van der Waals surface area contributed by atoms with Crippen LogP contribution in [0.25, 0.3) is 0 Å². The Kier molecular flexibility index (Phi) is 3.65. The summed E-state index contributed by atoms with van der Waals surface area (Å²) in [6.45, 7) is 2.43. The maximum atomic E-state index is 12.4. The number of benzene rings is 2. The molecule has 2 aromatic carbocycles. The largest absolute Gasteiger partial charge is 0.398 e. The Labute approximate surface area is 134 Å². The number of nitrogens with two attached hydrogens (primary N) is 2. The van der Waals surface area contributed by atoms with Crippen LogP contribution in [0.1, 0.15) is 29.7 Å². The molecule has 0 aromatic heterocycles. The van der Waals surface area contributed by atoms with E-state index in [0.717, 1.165) is 11.1 Å². The number of carbonyl (C=O) groups excluding carboxylic acids is 1. The first-order valence-corrected chi connectivity index (χ1v) is 7.36. The van der Waals surface area contributed by atoms with E-state index in [4.69, 9.17) is 16.9 Å². The molecule has 0 unspecified atom stereocenters. The minimum absolute atomic E-state index is 0.0670. The van der Waals surface area contributed by atoms with Crippen LogP contribution in [-0.2, 0) is 6.54 Å². The molecule has 2 aromatic rings. The number of urea groups is 1. The van der Waals surface area contributed by atoms with Crippen molar-refractivity contribution in [3.8, 4) is 0 Å². The van der Waals surface area contributed by atoms with Gasteiger partial charge < -0.3 is 21.7 Å². The van der Waals surface area contributed by atoms with Crippen LogP contribution in [0.2, 0.25) is 0 Å². The number of rotatable bonds is 3. The molecule has 23 heavy (non-hydrogen) atoms. The smallest absolute Gasteiger partial charge is 0.322 e. The molecule has 0 radical (unpaired) electrons. The van der Waals surface area contributed by atoms with E-state index in [1.807, 2.05) is 37.3 Å². The van der Waals surface area contributed by atoms with Gasteiger partial charge in [0.25, 0.3) is 0 Å². The summed E-state index contributed by atoms with van der Waals surface area (Å²) in [7, 11) is 0. The summed E-state index contributed by atoms with van der Waals surface area (Å²) in [5.41, 5.74) is 15.0. The van der Waals surface area contributed by atoms with Gasteiger partial charge in [0.1, 0.15) is 5.84 Å². The summed E-state index contributed by atoms with van der Waals surface area (Å²) in [6, 6.07) is 13.1. The standard InChI is InChI=1S/C17H19N5O/c1-10(11-5-3-2-4-6-11)22-9-12-7-13(16(19)20)14(18)8-15(12)21-17(22)23/h2-8,10H,9,18H2,1H3,(H3,19,20)(H,21,23)/t10-/m1/s1. The van der Waals surface area contributed by atoms with E-state index in [-0.39, 0.29) is 17.9 Å². The third kappa shape index (κ3) is 2.70. The lowest BCUT2D eigenvalue weighted by molar-refractivity contribution is 0.186. The van der Waals surface area contributed by atoms with Crippen molar-refractivity contribution in [2.24, 2.45) is 5.73 Å².